The van der Waals surface area contributed by atoms with E-state index in [0.29, 0.717) is 17.3 Å². The van der Waals surface area contributed by atoms with Crippen molar-refractivity contribution in [1.29, 1.82) is 0 Å². The number of hydrogen-bond acceptors (Lipinski definition) is 4. The minimum Gasteiger partial charge on any atom is -0.366 e. The van der Waals surface area contributed by atoms with E-state index in [1.54, 1.807) is 12.1 Å². The number of benzene rings is 2. The minimum absolute atomic E-state index is 0.0171. The van der Waals surface area contributed by atoms with E-state index < -0.39 is 4.92 Å². The van der Waals surface area contributed by atoms with Gasteiger partial charge in [0.05, 0.1) is 4.92 Å². The molecule has 0 bridgehead atoms. The zero-order chi connectivity index (χ0) is 18.7. The molecule has 6 heteroatoms. The quantitative estimate of drug-likeness (QED) is 0.653. The molecule has 2 aromatic carbocycles. The van der Waals surface area contributed by atoms with Crippen molar-refractivity contribution >= 4 is 23.0 Å². The Balaban J connectivity index is 1.87. The summed E-state index contributed by atoms with van der Waals surface area (Å²) in [4.78, 5) is 25.8. The lowest BCUT2D eigenvalue weighted by molar-refractivity contribution is -0.384. The number of nitrogens with zero attached hydrogens (tertiary/aromatic N) is 2. The molecule has 1 N–H and O–H groups in total. The Bertz CT molecular complexity index is 835. The van der Waals surface area contributed by atoms with Crippen LogP contribution in [0.15, 0.2) is 42.5 Å². The summed E-state index contributed by atoms with van der Waals surface area (Å²) in [6.07, 6.45) is 2.16. The lowest BCUT2D eigenvalue weighted by Crippen LogP contribution is -2.34. The van der Waals surface area contributed by atoms with E-state index in [2.05, 4.69) is 17.1 Å². The van der Waals surface area contributed by atoms with Crippen molar-refractivity contribution in [1.82, 2.24) is 0 Å². The molecule has 6 nitrogen and oxygen atoms in total. The molecule has 1 saturated heterocycles. The normalized spacial score (nSPS) is 17.0. The Morgan fingerprint density at radius 3 is 2.73 bits per heavy atom. The van der Waals surface area contributed by atoms with Crippen molar-refractivity contribution < 1.29 is 9.72 Å². The zero-order valence-corrected chi connectivity index (χ0v) is 15.1. The number of carbonyl (C=O) groups is 1. The first-order chi connectivity index (χ1) is 12.5. The van der Waals surface area contributed by atoms with Crippen LogP contribution < -0.4 is 10.2 Å². The Labute approximate surface area is 153 Å². The SMILES string of the molecule is Cc1ccccc1NC(=O)c1ccc(N2CCC[C@@H](C)C2)c([N+](=O)[O-])c1. The molecule has 2 aromatic rings. The summed E-state index contributed by atoms with van der Waals surface area (Å²) in [5, 5.41) is 14.4. The summed E-state index contributed by atoms with van der Waals surface area (Å²) in [6, 6.07) is 12.2. The molecule has 0 unspecified atom stereocenters. The summed E-state index contributed by atoms with van der Waals surface area (Å²) in [5.41, 5.74) is 2.50. The van der Waals surface area contributed by atoms with Gasteiger partial charge < -0.3 is 10.2 Å². The molecule has 1 heterocycles. The lowest BCUT2D eigenvalue weighted by atomic mass is 9.99. The molecule has 0 spiro atoms. The maximum absolute atomic E-state index is 12.5. The molecular formula is C20H23N3O3. The fourth-order valence-electron chi connectivity index (χ4n) is 3.39. The molecule has 1 amide bonds. The van der Waals surface area contributed by atoms with Crippen LogP contribution in [0.3, 0.4) is 0 Å². The van der Waals surface area contributed by atoms with Gasteiger partial charge in [0.25, 0.3) is 11.6 Å². The number of nitro benzene ring substituents is 1. The number of nitrogens with one attached hydrogen (secondary N) is 1. The van der Waals surface area contributed by atoms with Gasteiger partial charge >= 0.3 is 0 Å². The Morgan fingerprint density at radius 1 is 1.27 bits per heavy atom. The summed E-state index contributed by atoms with van der Waals surface area (Å²) >= 11 is 0. The highest BCUT2D eigenvalue weighted by atomic mass is 16.6. The second-order valence-corrected chi connectivity index (χ2v) is 6.92. The zero-order valence-electron chi connectivity index (χ0n) is 15.1. The van der Waals surface area contributed by atoms with Crippen molar-refractivity contribution in [3.8, 4) is 0 Å². The summed E-state index contributed by atoms with van der Waals surface area (Å²) in [7, 11) is 0. The second kappa shape index (κ2) is 7.56. The Hall–Kier alpha value is -2.89. The van der Waals surface area contributed by atoms with Gasteiger partial charge in [0.1, 0.15) is 5.69 Å². The van der Waals surface area contributed by atoms with E-state index in [-0.39, 0.29) is 17.2 Å². The fraction of sp³-hybridized carbons (Fsp3) is 0.350. The standard InChI is InChI=1S/C20H23N3O3/c1-14-6-5-11-22(13-14)18-10-9-16(12-19(18)23(25)26)20(24)21-17-8-4-3-7-15(17)2/h3-4,7-10,12,14H,5-6,11,13H2,1-2H3,(H,21,24)/t14-/m1/s1. The topological polar surface area (TPSA) is 75.5 Å². The number of piperidine rings is 1. The molecule has 3 rings (SSSR count). The number of hydrogen-bond donors (Lipinski definition) is 1. The maximum Gasteiger partial charge on any atom is 0.293 e. The number of nitro groups is 1. The van der Waals surface area contributed by atoms with Gasteiger partial charge in [-0.25, -0.2) is 0 Å². The molecule has 136 valence electrons. The van der Waals surface area contributed by atoms with Gasteiger partial charge in [-0.3, -0.25) is 14.9 Å². The van der Waals surface area contributed by atoms with E-state index in [9.17, 15) is 14.9 Å². The molecule has 1 fully saturated rings. The van der Waals surface area contributed by atoms with Gasteiger partial charge in [0.15, 0.2) is 0 Å². The van der Waals surface area contributed by atoms with Crippen LogP contribution in [0, 0.1) is 23.0 Å². The number of amides is 1. The van der Waals surface area contributed by atoms with Crippen molar-refractivity contribution in [2.24, 2.45) is 5.92 Å². The van der Waals surface area contributed by atoms with Gasteiger partial charge in [-0.05, 0) is 49.4 Å². The summed E-state index contributed by atoms with van der Waals surface area (Å²) in [5.74, 6) is 0.161. The van der Waals surface area contributed by atoms with Gasteiger partial charge in [0.2, 0.25) is 0 Å². The number of aryl methyl sites for hydroxylation is 1. The van der Waals surface area contributed by atoms with Gasteiger partial charge in [0, 0.05) is 30.4 Å². The largest absolute Gasteiger partial charge is 0.366 e. The van der Waals surface area contributed by atoms with Crippen LogP contribution in [0.2, 0.25) is 0 Å². The predicted molar refractivity (Wildman–Crippen MR) is 103 cm³/mol. The third-order valence-corrected chi connectivity index (χ3v) is 4.83. The Kier molecular flexibility index (Phi) is 5.21. The van der Waals surface area contributed by atoms with Crippen molar-refractivity contribution in [2.75, 3.05) is 23.3 Å². The first-order valence-corrected chi connectivity index (χ1v) is 8.86. The average molecular weight is 353 g/mol. The predicted octanol–water partition coefficient (Wildman–Crippen LogP) is 4.39. The number of para-hydroxylation sites is 1. The maximum atomic E-state index is 12.5. The molecule has 1 aliphatic heterocycles. The van der Waals surface area contributed by atoms with E-state index in [1.807, 2.05) is 31.2 Å². The van der Waals surface area contributed by atoms with E-state index in [0.717, 1.165) is 31.5 Å². The van der Waals surface area contributed by atoms with Crippen LogP contribution in [-0.2, 0) is 0 Å². The van der Waals surface area contributed by atoms with Crippen molar-refractivity contribution in [3.05, 3.63) is 63.7 Å². The van der Waals surface area contributed by atoms with Gasteiger partial charge in [-0.2, -0.15) is 0 Å². The van der Waals surface area contributed by atoms with Crippen LogP contribution in [0.1, 0.15) is 35.7 Å². The highest BCUT2D eigenvalue weighted by Gasteiger charge is 2.25. The third kappa shape index (κ3) is 3.85. The smallest absolute Gasteiger partial charge is 0.293 e. The van der Waals surface area contributed by atoms with Crippen molar-refractivity contribution in [2.45, 2.75) is 26.7 Å². The van der Waals surface area contributed by atoms with Crippen LogP contribution in [-0.4, -0.2) is 23.9 Å². The summed E-state index contributed by atoms with van der Waals surface area (Å²) < 4.78 is 0. The number of rotatable bonds is 4. The monoisotopic (exact) mass is 353 g/mol. The van der Waals surface area contributed by atoms with Gasteiger partial charge in [-0.15, -0.1) is 0 Å². The molecule has 0 aliphatic carbocycles. The van der Waals surface area contributed by atoms with Crippen LogP contribution >= 0.6 is 0 Å². The molecule has 1 aliphatic rings. The first kappa shape index (κ1) is 17.9. The third-order valence-electron chi connectivity index (χ3n) is 4.83. The minimum atomic E-state index is -0.404. The van der Waals surface area contributed by atoms with Crippen molar-refractivity contribution in [3.63, 3.8) is 0 Å². The van der Waals surface area contributed by atoms with Crippen LogP contribution in [0.5, 0.6) is 0 Å². The fourth-order valence-corrected chi connectivity index (χ4v) is 3.39. The first-order valence-electron chi connectivity index (χ1n) is 8.86. The molecular weight excluding hydrogens is 330 g/mol. The number of anilines is 2. The van der Waals surface area contributed by atoms with Crippen LogP contribution in [0.4, 0.5) is 17.1 Å². The molecule has 0 aromatic heterocycles. The molecule has 26 heavy (non-hydrogen) atoms. The highest BCUT2D eigenvalue weighted by molar-refractivity contribution is 6.05. The second-order valence-electron chi connectivity index (χ2n) is 6.92. The average Bonchev–Trinajstić information content (AvgIpc) is 2.63. The van der Waals surface area contributed by atoms with Gasteiger partial charge in [-0.1, -0.05) is 25.1 Å². The van der Waals surface area contributed by atoms with E-state index in [1.165, 1.54) is 6.07 Å². The molecule has 0 saturated carbocycles. The number of carbonyl (C=O) groups excluding carboxylic acids is 1. The Morgan fingerprint density at radius 2 is 2.04 bits per heavy atom. The van der Waals surface area contributed by atoms with Crippen LogP contribution in [0.25, 0.3) is 0 Å². The highest BCUT2D eigenvalue weighted by Crippen LogP contribution is 2.32. The summed E-state index contributed by atoms with van der Waals surface area (Å²) in [6.45, 7) is 5.66. The van der Waals surface area contributed by atoms with E-state index in [4.69, 9.17) is 0 Å². The molecule has 0 radical (unpaired) electrons. The molecule has 1 atom stereocenters. The van der Waals surface area contributed by atoms with E-state index >= 15 is 0 Å². The lowest BCUT2D eigenvalue weighted by Gasteiger charge is -2.32.